The van der Waals surface area contributed by atoms with Crippen LogP contribution in [0.1, 0.15) is 31.1 Å². The van der Waals surface area contributed by atoms with Crippen molar-refractivity contribution in [3.05, 3.63) is 28.5 Å². The highest BCUT2D eigenvalue weighted by atomic mass is 32.1. The summed E-state index contributed by atoms with van der Waals surface area (Å²) in [6.45, 7) is 6.90. The van der Waals surface area contributed by atoms with Crippen molar-refractivity contribution in [2.24, 2.45) is 11.3 Å². The molecule has 0 saturated carbocycles. The van der Waals surface area contributed by atoms with Crippen molar-refractivity contribution in [1.82, 2.24) is 4.90 Å². The molecule has 0 bridgehead atoms. The van der Waals surface area contributed by atoms with Gasteiger partial charge < -0.3 is 14.4 Å². The maximum absolute atomic E-state index is 12.4. The Labute approximate surface area is 148 Å². The molecule has 4 nitrogen and oxygen atoms in total. The molecule has 2 aliphatic rings. The molecule has 3 heterocycles. The van der Waals surface area contributed by atoms with Gasteiger partial charge in [0.15, 0.2) is 0 Å². The average molecular weight is 349 g/mol. The van der Waals surface area contributed by atoms with Crippen molar-refractivity contribution in [3.8, 4) is 0 Å². The molecule has 1 amide bonds. The second kappa shape index (κ2) is 8.28. The zero-order chi connectivity index (χ0) is 16.8. The molecule has 3 rings (SSSR count). The van der Waals surface area contributed by atoms with Gasteiger partial charge in [-0.05, 0) is 49.1 Å². The molecule has 0 radical (unpaired) electrons. The van der Waals surface area contributed by atoms with E-state index in [1.54, 1.807) is 17.4 Å². The average Bonchev–Trinajstić information content (AvgIpc) is 3.13. The Morgan fingerprint density at radius 2 is 2.29 bits per heavy atom. The van der Waals surface area contributed by atoms with Crippen molar-refractivity contribution >= 4 is 23.3 Å². The van der Waals surface area contributed by atoms with Gasteiger partial charge in [0.1, 0.15) is 0 Å². The number of hydrogen-bond donors (Lipinski definition) is 0. The van der Waals surface area contributed by atoms with Crippen LogP contribution in [0, 0.1) is 11.3 Å². The van der Waals surface area contributed by atoms with E-state index in [1.165, 1.54) is 0 Å². The molecule has 0 aromatic carbocycles. The summed E-state index contributed by atoms with van der Waals surface area (Å²) in [7, 11) is 0. The lowest BCUT2D eigenvalue weighted by molar-refractivity contribution is -0.134. The lowest BCUT2D eigenvalue weighted by Crippen LogP contribution is -2.50. The first-order valence-electron chi connectivity index (χ1n) is 8.89. The molecule has 24 heavy (non-hydrogen) atoms. The van der Waals surface area contributed by atoms with Gasteiger partial charge >= 0.3 is 0 Å². The minimum atomic E-state index is 0.131. The van der Waals surface area contributed by atoms with Gasteiger partial charge in [0.25, 0.3) is 0 Å². The third-order valence-corrected chi connectivity index (χ3v) is 6.29. The van der Waals surface area contributed by atoms with Crippen LogP contribution >= 0.6 is 11.3 Å². The summed E-state index contributed by atoms with van der Waals surface area (Å²) in [6, 6.07) is 4.03. The minimum Gasteiger partial charge on any atom is -0.381 e. The zero-order valence-corrected chi connectivity index (χ0v) is 15.2. The van der Waals surface area contributed by atoms with E-state index < -0.39 is 0 Å². The number of carbonyl (C=O) groups is 1. The summed E-state index contributed by atoms with van der Waals surface area (Å²) >= 11 is 1.65. The third kappa shape index (κ3) is 4.08. The predicted molar refractivity (Wildman–Crippen MR) is 97.0 cm³/mol. The van der Waals surface area contributed by atoms with Crippen molar-refractivity contribution in [1.29, 1.82) is 0 Å². The van der Waals surface area contributed by atoms with E-state index in [9.17, 15) is 4.79 Å². The van der Waals surface area contributed by atoms with Crippen LogP contribution < -0.4 is 0 Å². The molecular weight excluding hydrogens is 322 g/mol. The highest BCUT2D eigenvalue weighted by molar-refractivity contribution is 7.10. The van der Waals surface area contributed by atoms with Crippen molar-refractivity contribution < 1.29 is 14.3 Å². The van der Waals surface area contributed by atoms with E-state index in [4.69, 9.17) is 9.47 Å². The minimum absolute atomic E-state index is 0.131. The van der Waals surface area contributed by atoms with Gasteiger partial charge in [-0.3, -0.25) is 4.79 Å². The number of amides is 1. The summed E-state index contributed by atoms with van der Waals surface area (Å²) in [5.41, 5.74) is 0.293. The maximum atomic E-state index is 12.4. The van der Waals surface area contributed by atoms with Crippen LogP contribution in [0.5, 0.6) is 0 Å². The highest BCUT2D eigenvalue weighted by Gasteiger charge is 2.43. The Bertz CT molecular complexity index is 547. The van der Waals surface area contributed by atoms with E-state index in [2.05, 4.69) is 0 Å². The molecule has 2 aliphatic heterocycles. The molecule has 1 atom stereocenters. The van der Waals surface area contributed by atoms with Crippen LogP contribution in [0.3, 0.4) is 0 Å². The molecule has 0 aliphatic carbocycles. The molecule has 1 spiro atoms. The van der Waals surface area contributed by atoms with Gasteiger partial charge in [-0.2, -0.15) is 0 Å². The second-order valence-corrected chi connectivity index (χ2v) is 7.70. The van der Waals surface area contributed by atoms with E-state index in [0.29, 0.717) is 11.3 Å². The lowest BCUT2D eigenvalue weighted by atomic mass is 9.66. The quantitative estimate of drug-likeness (QED) is 0.765. The second-order valence-electron chi connectivity index (χ2n) is 6.72. The number of likely N-dealkylation sites (tertiary alicyclic amines) is 1. The van der Waals surface area contributed by atoms with E-state index in [-0.39, 0.29) is 5.91 Å². The summed E-state index contributed by atoms with van der Waals surface area (Å²) in [5.74, 6) is 0.594. The Morgan fingerprint density at radius 3 is 3.00 bits per heavy atom. The van der Waals surface area contributed by atoms with E-state index in [1.807, 2.05) is 35.4 Å². The predicted octanol–water partition coefficient (Wildman–Crippen LogP) is 3.44. The molecule has 2 fully saturated rings. The summed E-state index contributed by atoms with van der Waals surface area (Å²) < 4.78 is 11.4. The molecule has 1 aromatic rings. The van der Waals surface area contributed by atoms with Crippen LogP contribution in [0.4, 0.5) is 0 Å². The summed E-state index contributed by atoms with van der Waals surface area (Å²) in [4.78, 5) is 15.5. The SMILES string of the molecule is CCOC[C@@H]1COCCC12CCN(C(=O)/C=C/c1cccs1)CC2. The maximum Gasteiger partial charge on any atom is 0.246 e. The van der Waals surface area contributed by atoms with E-state index >= 15 is 0 Å². The number of ether oxygens (including phenoxy) is 2. The van der Waals surface area contributed by atoms with Crippen molar-refractivity contribution in [2.75, 3.05) is 39.5 Å². The Morgan fingerprint density at radius 1 is 1.46 bits per heavy atom. The number of hydrogen-bond acceptors (Lipinski definition) is 4. The fourth-order valence-electron chi connectivity index (χ4n) is 3.84. The van der Waals surface area contributed by atoms with Crippen LogP contribution in [-0.4, -0.2) is 50.3 Å². The Kier molecular flexibility index (Phi) is 6.09. The number of thiophene rings is 1. The molecule has 2 saturated heterocycles. The first-order valence-corrected chi connectivity index (χ1v) is 9.77. The van der Waals surface area contributed by atoms with Crippen molar-refractivity contribution in [3.63, 3.8) is 0 Å². The van der Waals surface area contributed by atoms with Crippen LogP contribution in [0.2, 0.25) is 0 Å². The van der Waals surface area contributed by atoms with Gasteiger partial charge in [-0.1, -0.05) is 6.07 Å². The molecule has 132 valence electrons. The topological polar surface area (TPSA) is 38.8 Å². The smallest absolute Gasteiger partial charge is 0.246 e. The third-order valence-electron chi connectivity index (χ3n) is 5.46. The highest BCUT2D eigenvalue weighted by Crippen LogP contribution is 2.44. The molecular formula is C19H27NO3S. The van der Waals surface area contributed by atoms with E-state index in [0.717, 1.165) is 63.7 Å². The van der Waals surface area contributed by atoms with Gasteiger partial charge in [0, 0.05) is 43.2 Å². The Hall–Kier alpha value is -1.17. The number of nitrogens with zero attached hydrogens (tertiary/aromatic N) is 1. The molecule has 0 N–H and O–H groups in total. The van der Waals surface area contributed by atoms with Gasteiger partial charge in [-0.15, -0.1) is 11.3 Å². The van der Waals surface area contributed by atoms with Gasteiger partial charge in [0.2, 0.25) is 5.91 Å². The number of carbonyl (C=O) groups excluding carboxylic acids is 1. The van der Waals surface area contributed by atoms with Crippen molar-refractivity contribution in [2.45, 2.75) is 26.2 Å². The first-order chi connectivity index (χ1) is 11.7. The summed E-state index contributed by atoms with van der Waals surface area (Å²) in [5, 5.41) is 2.03. The standard InChI is InChI=1S/C19H27NO3S/c1-2-22-14-16-15-23-12-9-19(16)7-10-20(11-8-19)18(21)6-5-17-4-3-13-24-17/h3-6,13,16H,2,7-12,14-15H2,1H3/b6-5+/t16-/m1/s1. The first kappa shape index (κ1) is 17.6. The summed E-state index contributed by atoms with van der Waals surface area (Å²) in [6.07, 6.45) is 6.85. The fourth-order valence-corrected chi connectivity index (χ4v) is 4.46. The van der Waals surface area contributed by atoms with Gasteiger partial charge in [0.05, 0.1) is 13.2 Å². The molecule has 1 aromatic heterocycles. The van der Waals surface area contributed by atoms with Crippen LogP contribution in [-0.2, 0) is 14.3 Å². The Balaban J connectivity index is 1.56. The molecule has 5 heteroatoms. The number of rotatable bonds is 5. The normalized spacial score (nSPS) is 23.9. The zero-order valence-electron chi connectivity index (χ0n) is 14.4. The largest absolute Gasteiger partial charge is 0.381 e. The molecule has 0 unspecified atom stereocenters. The fraction of sp³-hybridized carbons (Fsp3) is 0.632. The van der Waals surface area contributed by atoms with Gasteiger partial charge in [-0.25, -0.2) is 0 Å². The monoisotopic (exact) mass is 349 g/mol. The van der Waals surface area contributed by atoms with Crippen LogP contribution in [0.25, 0.3) is 6.08 Å². The number of piperidine rings is 1. The van der Waals surface area contributed by atoms with Crippen LogP contribution in [0.15, 0.2) is 23.6 Å². The lowest BCUT2D eigenvalue weighted by Gasteiger charge is -2.48.